The average Bonchev–Trinajstić information content (AvgIpc) is 2.86. The lowest BCUT2D eigenvalue weighted by Gasteiger charge is -2.11. The zero-order chi connectivity index (χ0) is 23.8. The molecule has 2 amide bonds. The fourth-order valence-electron chi connectivity index (χ4n) is 3.34. The van der Waals surface area contributed by atoms with E-state index in [9.17, 15) is 9.59 Å². The van der Waals surface area contributed by atoms with Crippen LogP contribution in [0.15, 0.2) is 109 Å². The van der Waals surface area contributed by atoms with Gasteiger partial charge in [-0.15, -0.1) is 0 Å². The lowest BCUT2D eigenvalue weighted by atomic mass is 10.1. The first-order chi connectivity index (χ1) is 16.6. The lowest BCUT2D eigenvalue weighted by molar-refractivity contribution is -0.111. The Morgan fingerprint density at radius 3 is 2.00 bits per heavy atom. The molecule has 0 heterocycles. The minimum absolute atomic E-state index is 0.304. The van der Waals surface area contributed by atoms with E-state index in [0.29, 0.717) is 16.9 Å². The summed E-state index contributed by atoms with van der Waals surface area (Å²) in [7, 11) is 0. The van der Waals surface area contributed by atoms with E-state index in [1.54, 1.807) is 30.3 Å². The van der Waals surface area contributed by atoms with Gasteiger partial charge in [-0.2, -0.15) is 0 Å². The molecule has 4 aromatic rings. The molecule has 0 spiro atoms. The van der Waals surface area contributed by atoms with Crippen LogP contribution in [-0.2, 0) is 4.79 Å². The summed E-state index contributed by atoms with van der Waals surface area (Å²) in [4.78, 5) is 25.3. The molecular weight excluding hydrogens is 422 g/mol. The number of para-hydroxylation sites is 2. The van der Waals surface area contributed by atoms with Crippen LogP contribution in [0.2, 0.25) is 0 Å². The molecule has 0 saturated carbocycles. The highest BCUT2D eigenvalue weighted by Crippen LogP contribution is 2.21. The third-order valence-corrected chi connectivity index (χ3v) is 5.14. The first-order valence-electron chi connectivity index (χ1n) is 10.9. The highest BCUT2D eigenvalue weighted by atomic mass is 16.2. The van der Waals surface area contributed by atoms with Gasteiger partial charge in [-0.1, -0.05) is 60.2 Å². The van der Waals surface area contributed by atoms with E-state index in [2.05, 4.69) is 16.0 Å². The van der Waals surface area contributed by atoms with E-state index in [-0.39, 0.29) is 11.8 Å². The number of carbonyl (C=O) groups excluding carboxylic acids is 2. The first kappa shape index (κ1) is 22.6. The van der Waals surface area contributed by atoms with Crippen molar-refractivity contribution in [1.29, 1.82) is 0 Å². The molecule has 4 aromatic carbocycles. The number of anilines is 4. The Morgan fingerprint density at radius 2 is 1.26 bits per heavy atom. The van der Waals surface area contributed by atoms with Crippen molar-refractivity contribution in [3.05, 3.63) is 126 Å². The third-order valence-electron chi connectivity index (χ3n) is 5.14. The molecule has 0 aromatic heterocycles. The molecule has 0 atom stereocenters. The van der Waals surface area contributed by atoms with Crippen LogP contribution >= 0.6 is 0 Å². The van der Waals surface area contributed by atoms with E-state index in [0.717, 1.165) is 22.5 Å². The van der Waals surface area contributed by atoms with Crippen LogP contribution in [-0.4, -0.2) is 11.8 Å². The number of nitrogens with one attached hydrogen (secondary N) is 3. The van der Waals surface area contributed by atoms with Gasteiger partial charge in [-0.25, -0.2) is 0 Å². The molecule has 4 rings (SSSR count). The van der Waals surface area contributed by atoms with Crippen molar-refractivity contribution in [2.75, 3.05) is 16.0 Å². The molecule has 0 unspecified atom stereocenters. The summed E-state index contributed by atoms with van der Waals surface area (Å²) in [6.45, 7) is 2.01. The van der Waals surface area contributed by atoms with Gasteiger partial charge in [0.05, 0.1) is 11.3 Å². The SMILES string of the molecule is Cc1ccc(C=CC(=O)Nc2ccccc2C(=O)Nc2ccc(Nc3ccccc3)cc2)cc1. The van der Waals surface area contributed by atoms with Gasteiger partial charge in [0, 0.05) is 23.1 Å². The molecule has 3 N–H and O–H groups in total. The summed E-state index contributed by atoms with van der Waals surface area (Å²) in [6.07, 6.45) is 3.19. The molecule has 0 saturated heterocycles. The topological polar surface area (TPSA) is 70.2 Å². The standard InChI is InChI=1S/C29H25N3O2/c1-21-11-13-22(14-12-21)15-20-28(33)32-27-10-6-5-9-26(27)29(34)31-25-18-16-24(17-19-25)30-23-7-3-2-4-8-23/h2-20,30H,1H3,(H,31,34)(H,32,33). The maximum Gasteiger partial charge on any atom is 0.257 e. The van der Waals surface area contributed by atoms with Crippen LogP contribution in [0.4, 0.5) is 22.7 Å². The van der Waals surface area contributed by atoms with Crippen LogP contribution in [0.25, 0.3) is 6.08 Å². The second kappa shape index (κ2) is 10.8. The van der Waals surface area contributed by atoms with Gasteiger partial charge in [0.15, 0.2) is 0 Å². The Labute approximate surface area is 199 Å². The number of amides is 2. The van der Waals surface area contributed by atoms with Crippen LogP contribution in [0.5, 0.6) is 0 Å². The van der Waals surface area contributed by atoms with Crippen LogP contribution < -0.4 is 16.0 Å². The van der Waals surface area contributed by atoms with Crippen molar-refractivity contribution in [1.82, 2.24) is 0 Å². The maximum atomic E-state index is 12.9. The molecule has 0 aliphatic rings. The van der Waals surface area contributed by atoms with Gasteiger partial charge in [0.1, 0.15) is 0 Å². The summed E-state index contributed by atoms with van der Waals surface area (Å²) in [5, 5.41) is 9.00. The maximum absolute atomic E-state index is 12.9. The van der Waals surface area contributed by atoms with E-state index in [1.807, 2.05) is 85.8 Å². The van der Waals surface area contributed by atoms with Crippen molar-refractivity contribution in [3.63, 3.8) is 0 Å². The minimum Gasteiger partial charge on any atom is -0.356 e. The number of rotatable bonds is 7. The molecule has 0 fully saturated rings. The molecule has 0 aliphatic heterocycles. The number of benzene rings is 4. The second-order valence-corrected chi connectivity index (χ2v) is 7.80. The van der Waals surface area contributed by atoms with Crippen molar-refractivity contribution >= 4 is 40.6 Å². The predicted molar refractivity (Wildman–Crippen MR) is 139 cm³/mol. The molecule has 168 valence electrons. The molecule has 0 radical (unpaired) electrons. The normalized spacial score (nSPS) is 10.6. The largest absolute Gasteiger partial charge is 0.356 e. The number of hydrogen-bond donors (Lipinski definition) is 3. The summed E-state index contributed by atoms with van der Waals surface area (Å²) >= 11 is 0. The zero-order valence-corrected chi connectivity index (χ0v) is 18.8. The van der Waals surface area contributed by atoms with Gasteiger partial charge in [-0.3, -0.25) is 9.59 Å². The molecule has 0 bridgehead atoms. The third kappa shape index (κ3) is 6.20. The van der Waals surface area contributed by atoms with Crippen LogP contribution in [0, 0.1) is 6.92 Å². The Bertz CT molecular complexity index is 1300. The van der Waals surface area contributed by atoms with Gasteiger partial charge in [-0.05, 0) is 67.1 Å². The minimum atomic E-state index is -0.308. The van der Waals surface area contributed by atoms with Crippen LogP contribution in [0.1, 0.15) is 21.5 Å². The highest BCUT2D eigenvalue weighted by Gasteiger charge is 2.12. The van der Waals surface area contributed by atoms with E-state index in [1.165, 1.54) is 6.08 Å². The summed E-state index contributed by atoms with van der Waals surface area (Å²) in [5.74, 6) is -0.612. The molecule has 0 aliphatic carbocycles. The summed E-state index contributed by atoms with van der Waals surface area (Å²) in [5.41, 5.74) is 5.47. The monoisotopic (exact) mass is 447 g/mol. The smallest absolute Gasteiger partial charge is 0.257 e. The van der Waals surface area contributed by atoms with Crippen molar-refractivity contribution in [2.24, 2.45) is 0 Å². The van der Waals surface area contributed by atoms with Gasteiger partial charge in [0.25, 0.3) is 5.91 Å². The fraction of sp³-hybridized carbons (Fsp3) is 0.0345. The van der Waals surface area contributed by atoms with E-state index < -0.39 is 0 Å². The molecule has 34 heavy (non-hydrogen) atoms. The molecule has 5 heteroatoms. The average molecular weight is 448 g/mol. The zero-order valence-electron chi connectivity index (χ0n) is 18.8. The Balaban J connectivity index is 1.40. The van der Waals surface area contributed by atoms with Crippen molar-refractivity contribution in [2.45, 2.75) is 6.92 Å². The van der Waals surface area contributed by atoms with E-state index >= 15 is 0 Å². The van der Waals surface area contributed by atoms with Gasteiger partial charge < -0.3 is 16.0 Å². The summed E-state index contributed by atoms with van der Waals surface area (Å²) < 4.78 is 0. The van der Waals surface area contributed by atoms with Crippen molar-refractivity contribution < 1.29 is 9.59 Å². The predicted octanol–water partition coefficient (Wildman–Crippen LogP) is 6.64. The summed E-state index contributed by atoms with van der Waals surface area (Å²) in [6, 6.07) is 32.1. The highest BCUT2D eigenvalue weighted by molar-refractivity contribution is 6.11. The first-order valence-corrected chi connectivity index (χ1v) is 10.9. The lowest BCUT2D eigenvalue weighted by Crippen LogP contribution is -2.17. The second-order valence-electron chi connectivity index (χ2n) is 7.80. The van der Waals surface area contributed by atoms with Gasteiger partial charge >= 0.3 is 0 Å². The Kier molecular flexibility index (Phi) is 7.16. The molecule has 5 nitrogen and oxygen atoms in total. The quantitative estimate of drug-likeness (QED) is 0.278. The molecular formula is C29H25N3O2. The van der Waals surface area contributed by atoms with Gasteiger partial charge in [0.2, 0.25) is 5.91 Å². The number of hydrogen-bond acceptors (Lipinski definition) is 3. The number of aryl methyl sites for hydroxylation is 1. The van der Waals surface area contributed by atoms with Crippen molar-refractivity contribution in [3.8, 4) is 0 Å². The van der Waals surface area contributed by atoms with E-state index in [4.69, 9.17) is 0 Å². The van der Waals surface area contributed by atoms with Crippen LogP contribution in [0.3, 0.4) is 0 Å². The Morgan fingerprint density at radius 1 is 0.647 bits per heavy atom. The number of carbonyl (C=O) groups is 2. The Hall–Kier alpha value is -4.64. The fourth-order valence-corrected chi connectivity index (χ4v) is 3.34.